The molecule has 0 aromatic carbocycles. The van der Waals surface area contributed by atoms with Crippen LogP contribution in [0.25, 0.3) is 0 Å². The number of hydrogen-bond donors (Lipinski definition) is 2. The van der Waals surface area contributed by atoms with Gasteiger partial charge in [-0.1, -0.05) is 0 Å². The van der Waals surface area contributed by atoms with Gasteiger partial charge >= 0.3 is 0 Å². The van der Waals surface area contributed by atoms with Crippen LogP contribution in [0.2, 0.25) is 0 Å². The second-order valence-electron chi connectivity index (χ2n) is 5.28. The smallest absolute Gasteiger partial charge is 0.0645 e. The molecular weight excluding hydrogens is 226 g/mol. The van der Waals surface area contributed by atoms with Crippen LogP contribution in [0.4, 0.5) is 0 Å². The normalized spacial score (nSPS) is 32.4. The van der Waals surface area contributed by atoms with E-state index in [9.17, 15) is 0 Å². The number of nitrogens with one attached hydrogen (secondary N) is 1. The number of nitrogens with zero attached hydrogens (tertiary/aromatic N) is 3. The molecule has 4 rings (SSSR count). The average molecular weight is 247 g/mol. The van der Waals surface area contributed by atoms with Crippen molar-refractivity contribution in [1.82, 2.24) is 20.2 Å². The number of aromatic nitrogens is 1. The molecule has 2 unspecified atom stereocenters. The zero-order valence-corrected chi connectivity index (χ0v) is 10.8. The minimum absolute atomic E-state index is 0.168. The first-order valence-electron chi connectivity index (χ1n) is 6.62. The molecule has 3 N–H and O–H groups in total. The molecule has 5 heteroatoms. The summed E-state index contributed by atoms with van der Waals surface area (Å²) in [7, 11) is 0. The summed E-state index contributed by atoms with van der Waals surface area (Å²) in [6, 6.07) is 2.68. The predicted molar refractivity (Wildman–Crippen MR) is 70.8 cm³/mol. The highest BCUT2D eigenvalue weighted by Crippen LogP contribution is 2.27. The molecule has 5 nitrogen and oxygen atoms in total. The van der Waals surface area contributed by atoms with Gasteiger partial charge in [-0.15, -0.1) is 0 Å². The van der Waals surface area contributed by atoms with Crippen molar-refractivity contribution in [2.75, 3.05) is 32.7 Å². The lowest BCUT2D eigenvalue weighted by molar-refractivity contribution is -0.00383. The van der Waals surface area contributed by atoms with Crippen molar-refractivity contribution in [3.05, 3.63) is 29.6 Å². The number of hydrazine groups is 1. The summed E-state index contributed by atoms with van der Waals surface area (Å²) >= 11 is 0. The van der Waals surface area contributed by atoms with E-state index in [0.717, 1.165) is 19.6 Å². The molecule has 0 saturated carbocycles. The first-order chi connectivity index (χ1) is 8.79. The van der Waals surface area contributed by atoms with E-state index in [0.29, 0.717) is 6.04 Å². The highest BCUT2D eigenvalue weighted by Gasteiger charge is 2.37. The van der Waals surface area contributed by atoms with Crippen LogP contribution >= 0.6 is 0 Å². The van der Waals surface area contributed by atoms with Crippen LogP contribution in [0.15, 0.2) is 18.5 Å². The van der Waals surface area contributed by atoms with Gasteiger partial charge in [-0.25, -0.2) is 0 Å². The molecule has 98 valence electrons. The van der Waals surface area contributed by atoms with Crippen molar-refractivity contribution < 1.29 is 0 Å². The average Bonchev–Trinajstić information content (AvgIpc) is 2.43. The summed E-state index contributed by atoms with van der Waals surface area (Å²) in [5, 5.41) is 0. The van der Waals surface area contributed by atoms with E-state index in [-0.39, 0.29) is 6.04 Å². The van der Waals surface area contributed by atoms with Gasteiger partial charge in [-0.05, 0) is 24.1 Å². The fraction of sp³-hybridized carbons (Fsp3) is 0.615. The Bertz CT molecular complexity index is 414. The number of fused-ring (bicyclic) bond motifs is 3. The third-order valence-electron chi connectivity index (χ3n) is 4.30. The molecule has 0 radical (unpaired) electrons. The van der Waals surface area contributed by atoms with E-state index < -0.39 is 0 Å². The fourth-order valence-corrected chi connectivity index (χ4v) is 3.18. The van der Waals surface area contributed by atoms with Gasteiger partial charge < -0.3 is 0 Å². The maximum atomic E-state index is 5.81. The summed E-state index contributed by atoms with van der Waals surface area (Å²) in [4.78, 5) is 9.32. The Kier molecular flexibility index (Phi) is 3.30. The summed E-state index contributed by atoms with van der Waals surface area (Å²) < 4.78 is 0. The van der Waals surface area contributed by atoms with Gasteiger partial charge in [0.1, 0.15) is 0 Å². The van der Waals surface area contributed by atoms with E-state index in [1.165, 1.54) is 24.2 Å². The maximum absolute atomic E-state index is 5.81. The van der Waals surface area contributed by atoms with Gasteiger partial charge in [-0.2, -0.15) is 0 Å². The highest BCUT2D eigenvalue weighted by atomic mass is 15.4. The Labute approximate surface area is 108 Å². The summed E-state index contributed by atoms with van der Waals surface area (Å²) in [5.41, 5.74) is 5.48. The van der Waals surface area contributed by atoms with Gasteiger partial charge in [0, 0.05) is 51.2 Å². The van der Waals surface area contributed by atoms with E-state index in [4.69, 9.17) is 5.84 Å². The fourth-order valence-electron chi connectivity index (χ4n) is 3.18. The largest absolute Gasteiger partial charge is 0.299 e. The van der Waals surface area contributed by atoms with Crippen LogP contribution in [-0.2, 0) is 0 Å². The highest BCUT2D eigenvalue weighted by molar-refractivity contribution is 5.27. The molecule has 3 aliphatic rings. The minimum Gasteiger partial charge on any atom is -0.299 e. The predicted octanol–water partition coefficient (Wildman–Crippen LogP) is -0.106. The molecule has 0 amide bonds. The number of pyridine rings is 1. The van der Waals surface area contributed by atoms with Crippen molar-refractivity contribution in [1.29, 1.82) is 0 Å². The molecule has 2 bridgehead atoms. The van der Waals surface area contributed by atoms with Gasteiger partial charge in [0.2, 0.25) is 0 Å². The molecule has 0 spiro atoms. The molecule has 3 saturated heterocycles. The Hall–Kier alpha value is -1.01. The van der Waals surface area contributed by atoms with Crippen molar-refractivity contribution >= 4 is 0 Å². The molecular formula is C13H21N5. The number of hydrogen-bond acceptors (Lipinski definition) is 5. The molecule has 3 fully saturated rings. The second kappa shape index (κ2) is 4.93. The molecule has 1 aromatic rings. The Balaban J connectivity index is 1.87. The molecule has 3 aliphatic heterocycles. The first kappa shape index (κ1) is 12.0. The quantitative estimate of drug-likeness (QED) is 0.577. The molecule has 18 heavy (non-hydrogen) atoms. The lowest BCUT2D eigenvalue weighted by Gasteiger charge is -2.50. The van der Waals surface area contributed by atoms with E-state index in [2.05, 4.69) is 33.2 Å². The summed E-state index contributed by atoms with van der Waals surface area (Å²) in [6.45, 7) is 7.92. The lowest BCUT2D eigenvalue weighted by atomic mass is 9.93. The van der Waals surface area contributed by atoms with Crippen LogP contribution < -0.4 is 11.3 Å². The number of nitrogens with two attached hydrogens (primary N) is 1. The summed E-state index contributed by atoms with van der Waals surface area (Å²) in [6.07, 6.45) is 3.78. The van der Waals surface area contributed by atoms with Gasteiger partial charge in [0.05, 0.1) is 6.04 Å². The Morgan fingerprint density at radius 1 is 1.39 bits per heavy atom. The van der Waals surface area contributed by atoms with E-state index in [1.807, 2.05) is 12.4 Å². The van der Waals surface area contributed by atoms with Gasteiger partial charge in [0.15, 0.2) is 0 Å². The van der Waals surface area contributed by atoms with Crippen LogP contribution in [-0.4, -0.2) is 53.5 Å². The number of piperazine rings is 3. The zero-order chi connectivity index (χ0) is 12.5. The zero-order valence-electron chi connectivity index (χ0n) is 10.8. The van der Waals surface area contributed by atoms with Crippen LogP contribution in [0, 0.1) is 6.92 Å². The van der Waals surface area contributed by atoms with Crippen LogP contribution in [0.3, 0.4) is 0 Å². The number of aryl methyl sites for hydroxylation is 1. The SMILES string of the molecule is Cc1ccncc1C(NN)C1CN2CCN1CC2. The van der Waals surface area contributed by atoms with Crippen molar-refractivity contribution in [2.24, 2.45) is 5.84 Å². The minimum atomic E-state index is 0.168. The Morgan fingerprint density at radius 3 is 2.72 bits per heavy atom. The monoisotopic (exact) mass is 247 g/mol. The molecule has 0 aliphatic carbocycles. The van der Waals surface area contributed by atoms with Crippen LogP contribution in [0.1, 0.15) is 17.2 Å². The third kappa shape index (κ3) is 2.03. The summed E-state index contributed by atoms with van der Waals surface area (Å²) in [5.74, 6) is 5.81. The maximum Gasteiger partial charge on any atom is 0.0645 e. The van der Waals surface area contributed by atoms with Crippen LogP contribution in [0.5, 0.6) is 0 Å². The topological polar surface area (TPSA) is 57.4 Å². The standard InChI is InChI=1S/C13H21N5/c1-10-2-3-15-8-11(10)13(16-14)12-9-17-4-6-18(12)7-5-17/h2-3,8,12-13,16H,4-7,9,14H2,1H3. The molecule has 4 heterocycles. The third-order valence-corrected chi connectivity index (χ3v) is 4.30. The van der Waals surface area contributed by atoms with Gasteiger partial charge in [0.25, 0.3) is 0 Å². The molecule has 1 aromatic heterocycles. The van der Waals surface area contributed by atoms with Crippen molar-refractivity contribution in [3.8, 4) is 0 Å². The van der Waals surface area contributed by atoms with Crippen molar-refractivity contribution in [3.63, 3.8) is 0 Å². The number of rotatable bonds is 3. The van der Waals surface area contributed by atoms with E-state index >= 15 is 0 Å². The van der Waals surface area contributed by atoms with Crippen molar-refractivity contribution in [2.45, 2.75) is 19.0 Å². The Morgan fingerprint density at radius 2 is 2.17 bits per heavy atom. The first-order valence-corrected chi connectivity index (χ1v) is 6.62. The van der Waals surface area contributed by atoms with Gasteiger partial charge in [-0.3, -0.25) is 26.1 Å². The molecule has 2 atom stereocenters. The second-order valence-corrected chi connectivity index (χ2v) is 5.28. The van der Waals surface area contributed by atoms with E-state index in [1.54, 1.807) is 0 Å². The lowest BCUT2D eigenvalue weighted by Crippen LogP contribution is -2.64.